The first-order valence-corrected chi connectivity index (χ1v) is 18.2. The predicted molar refractivity (Wildman–Crippen MR) is 190 cm³/mol. The summed E-state index contributed by atoms with van der Waals surface area (Å²) < 4.78 is 35.1. The highest BCUT2D eigenvalue weighted by Gasteiger charge is 2.36. The Morgan fingerprint density at radius 1 is 0.833 bits per heavy atom. The molecule has 1 atom stereocenters. The van der Waals surface area contributed by atoms with Gasteiger partial charge < -0.3 is 15.0 Å². The molecule has 1 N–H and O–H groups in total. The fraction of sp³-hybridized carbons (Fsp3) is 0.297. The fourth-order valence-electron chi connectivity index (χ4n) is 6.02. The van der Waals surface area contributed by atoms with Gasteiger partial charge in [0.25, 0.3) is 10.0 Å². The van der Waals surface area contributed by atoms with Crippen LogP contribution < -0.4 is 14.4 Å². The number of para-hydroxylation sites is 2. The minimum absolute atomic E-state index is 0.000261. The van der Waals surface area contributed by atoms with E-state index in [2.05, 4.69) is 5.32 Å². The minimum Gasteiger partial charge on any atom is -0.495 e. The topological polar surface area (TPSA) is 96.0 Å². The SMILES string of the molecule is COc1ccccc1N(CC(=O)N(Cc1c(Cl)cccc1Cl)[C@@H](Cc1ccccc1)C(=O)NC1CCCCC1)S(=O)(=O)c1ccccc1. The van der Waals surface area contributed by atoms with Gasteiger partial charge in [0.05, 0.1) is 17.7 Å². The Labute approximate surface area is 292 Å². The molecule has 5 rings (SSSR count). The highest BCUT2D eigenvalue weighted by Crippen LogP contribution is 2.33. The number of nitrogens with zero attached hydrogens (tertiary/aromatic N) is 2. The molecule has 0 aliphatic heterocycles. The zero-order valence-corrected chi connectivity index (χ0v) is 29.1. The van der Waals surface area contributed by atoms with Crippen LogP contribution in [0.3, 0.4) is 0 Å². The van der Waals surface area contributed by atoms with Gasteiger partial charge in [-0.05, 0) is 54.8 Å². The summed E-state index contributed by atoms with van der Waals surface area (Å²) >= 11 is 13.3. The van der Waals surface area contributed by atoms with E-state index in [1.165, 1.54) is 24.1 Å². The van der Waals surface area contributed by atoms with Crippen molar-refractivity contribution in [3.05, 3.63) is 124 Å². The molecular formula is C37H39Cl2N3O5S. The van der Waals surface area contributed by atoms with Gasteiger partial charge in [0.1, 0.15) is 18.3 Å². The summed E-state index contributed by atoms with van der Waals surface area (Å²) in [6.45, 7) is -0.750. The number of carbonyl (C=O) groups excluding carboxylic acids is 2. The van der Waals surface area contributed by atoms with Crippen molar-refractivity contribution in [1.82, 2.24) is 10.2 Å². The number of methoxy groups -OCH3 is 1. The summed E-state index contributed by atoms with van der Waals surface area (Å²) in [7, 11) is -2.84. The normalized spacial score (nSPS) is 14.1. The maximum absolute atomic E-state index is 14.8. The lowest BCUT2D eigenvalue weighted by atomic mass is 9.94. The van der Waals surface area contributed by atoms with E-state index in [-0.39, 0.29) is 41.2 Å². The van der Waals surface area contributed by atoms with Crippen LogP contribution in [0, 0.1) is 0 Å². The quantitative estimate of drug-likeness (QED) is 0.158. The number of anilines is 1. The number of hydrogen-bond acceptors (Lipinski definition) is 5. The maximum Gasteiger partial charge on any atom is 0.264 e. The van der Waals surface area contributed by atoms with E-state index >= 15 is 0 Å². The summed E-state index contributed by atoms with van der Waals surface area (Å²) in [6.07, 6.45) is 5.03. The van der Waals surface area contributed by atoms with Crippen LogP contribution >= 0.6 is 23.2 Å². The number of benzene rings is 4. The Morgan fingerprint density at radius 2 is 1.44 bits per heavy atom. The second-order valence-electron chi connectivity index (χ2n) is 11.8. The van der Waals surface area contributed by atoms with Crippen molar-refractivity contribution in [2.24, 2.45) is 0 Å². The van der Waals surface area contributed by atoms with Gasteiger partial charge in [-0.15, -0.1) is 0 Å². The van der Waals surface area contributed by atoms with E-state index in [4.69, 9.17) is 27.9 Å². The number of rotatable bonds is 13. The zero-order valence-electron chi connectivity index (χ0n) is 26.7. The van der Waals surface area contributed by atoms with Crippen LogP contribution in [0.4, 0.5) is 5.69 Å². The summed E-state index contributed by atoms with van der Waals surface area (Å²) in [5.41, 5.74) is 1.47. The Kier molecular flexibility index (Phi) is 12.0. The molecule has 8 nitrogen and oxygen atoms in total. The number of nitrogens with one attached hydrogen (secondary N) is 1. The number of hydrogen-bond donors (Lipinski definition) is 1. The molecule has 2 amide bonds. The molecule has 11 heteroatoms. The average Bonchev–Trinajstić information content (AvgIpc) is 3.11. The number of amides is 2. The first kappa shape index (κ1) is 35.3. The molecule has 1 saturated carbocycles. The third-order valence-corrected chi connectivity index (χ3v) is 11.1. The molecular weight excluding hydrogens is 669 g/mol. The number of sulfonamides is 1. The van der Waals surface area contributed by atoms with Gasteiger partial charge >= 0.3 is 0 Å². The maximum atomic E-state index is 14.8. The molecule has 4 aromatic carbocycles. The first-order valence-electron chi connectivity index (χ1n) is 16.0. The smallest absolute Gasteiger partial charge is 0.264 e. The number of ether oxygens (including phenoxy) is 1. The summed E-state index contributed by atoms with van der Waals surface area (Å²) in [4.78, 5) is 30.5. The van der Waals surface area contributed by atoms with E-state index in [9.17, 15) is 18.0 Å². The van der Waals surface area contributed by atoms with E-state index in [1.807, 2.05) is 30.3 Å². The molecule has 0 radical (unpaired) electrons. The molecule has 0 heterocycles. The standard InChI is InChI=1S/C37H39Cl2N3O5S/c1-47-35-23-12-11-22-33(35)42(48(45,46)29-18-9-4-10-19-29)26-36(43)41(25-30-31(38)20-13-21-32(30)39)34(24-27-14-5-2-6-15-27)37(44)40-28-16-7-3-8-17-28/h2,4-6,9-15,18-23,28,34H,3,7-8,16-17,24-26H2,1H3,(H,40,44)/t34-/m0/s1. The van der Waals surface area contributed by atoms with Crippen molar-refractivity contribution in [2.45, 2.75) is 62.0 Å². The Morgan fingerprint density at radius 3 is 2.08 bits per heavy atom. The number of halogens is 2. The third-order valence-electron chi connectivity index (χ3n) is 8.58. The van der Waals surface area contributed by atoms with Gasteiger partial charge in [0.2, 0.25) is 11.8 Å². The highest BCUT2D eigenvalue weighted by atomic mass is 35.5. The molecule has 252 valence electrons. The molecule has 48 heavy (non-hydrogen) atoms. The van der Waals surface area contributed by atoms with Crippen molar-refractivity contribution in [3.63, 3.8) is 0 Å². The van der Waals surface area contributed by atoms with Crippen LogP contribution in [0.1, 0.15) is 43.2 Å². The zero-order chi connectivity index (χ0) is 34.1. The fourth-order valence-corrected chi connectivity index (χ4v) is 7.98. The molecule has 4 aromatic rings. The highest BCUT2D eigenvalue weighted by molar-refractivity contribution is 7.92. The molecule has 0 bridgehead atoms. The van der Waals surface area contributed by atoms with Crippen LogP contribution in [0.25, 0.3) is 0 Å². The van der Waals surface area contributed by atoms with Gasteiger partial charge in [0, 0.05) is 34.6 Å². The second-order valence-corrected chi connectivity index (χ2v) is 14.4. The van der Waals surface area contributed by atoms with E-state index in [0.29, 0.717) is 15.6 Å². The molecule has 0 saturated heterocycles. The monoisotopic (exact) mass is 707 g/mol. The molecule has 1 aliphatic carbocycles. The lowest BCUT2D eigenvalue weighted by Gasteiger charge is -2.35. The molecule has 0 spiro atoms. The van der Waals surface area contributed by atoms with Crippen LogP contribution in [-0.4, -0.2) is 50.9 Å². The van der Waals surface area contributed by atoms with E-state index in [0.717, 1.165) is 42.0 Å². The van der Waals surface area contributed by atoms with Crippen molar-refractivity contribution in [1.29, 1.82) is 0 Å². The largest absolute Gasteiger partial charge is 0.495 e. The Hall–Kier alpha value is -4.05. The molecule has 1 fully saturated rings. The minimum atomic E-state index is -4.28. The number of carbonyl (C=O) groups is 2. The molecule has 1 aliphatic rings. The van der Waals surface area contributed by atoms with Gasteiger partial charge in [-0.1, -0.05) is 109 Å². The predicted octanol–water partition coefficient (Wildman–Crippen LogP) is 7.29. The van der Waals surface area contributed by atoms with Crippen molar-refractivity contribution in [3.8, 4) is 5.75 Å². The van der Waals surface area contributed by atoms with Gasteiger partial charge in [0.15, 0.2) is 0 Å². The van der Waals surface area contributed by atoms with Crippen LogP contribution in [0.15, 0.2) is 108 Å². The Balaban J connectivity index is 1.61. The lowest BCUT2D eigenvalue weighted by Crippen LogP contribution is -2.55. The van der Waals surface area contributed by atoms with Gasteiger partial charge in [-0.3, -0.25) is 13.9 Å². The van der Waals surface area contributed by atoms with Gasteiger partial charge in [-0.25, -0.2) is 8.42 Å². The van der Waals surface area contributed by atoms with Crippen LogP contribution in [0.5, 0.6) is 5.75 Å². The third kappa shape index (κ3) is 8.50. The summed E-state index contributed by atoms with van der Waals surface area (Å²) in [5.74, 6) is -0.672. The van der Waals surface area contributed by atoms with E-state index < -0.39 is 28.5 Å². The van der Waals surface area contributed by atoms with Crippen molar-refractivity contribution in [2.75, 3.05) is 18.0 Å². The second kappa shape index (κ2) is 16.4. The van der Waals surface area contributed by atoms with E-state index in [1.54, 1.807) is 60.7 Å². The van der Waals surface area contributed by atoms with Crippen LogP contribution in [0.2, 0.25) is 10.0 Å². The molecule has 0 aromatic heterocycles. The average molecular weight is 709 g/mol. The summed E-state index contributed by atoms with van der Waals surface area (Å²) in [6, 6.07) is 27.9. The van der Waals surface area contributed by atoms with Crippen molar-refractivity contribution < 1.29 is 22.7 Å². The van der Waals surface area contributed by atoms with Crippen LogP contribution in [-0.2, 0) is 32.6 Å². The lowest BCUT2D eigenvalue weighted by molar-refractivity contribution is -0.140. The Bertz CT molecular complexity index is 1780. The first-order chi connectivity index (χ1) is 23.2. The van der Waals surface area contributed by atoms with Crippen molar-refractivity contribution >= 4 is 50.7 Å². The summed E-state index contributed by atoms with van der Waals surface area (Å²) in [5, 5.41) is 3.85. The van der Waals surface area contributed by atoms with Gasteiger partial charge in [-0.2, -0.15) is 0 Å². The molecule has 0 unspecified atom stereocenters.